The molecule has 1 aliphatic rings. The highest BCUT2D eigenvalue weighted by Gasteiger charge is 2.39. The molecule has 0 bridgehead atoms. The van der Waals surface area contributed by atoms with E-state index in [-0.39, 0.29) is 17.1 Å². The van der Waals surface area contributed by atoms with E-state index in [2.05, 4.69) is 61.2 Å². The van der Waals surface area contributed by atoms with Gasteiger partial charge in [-0.05, 0) is 69.1 Å². The van der Waals surface area contributed by atoms with Gasteiger partial charge in [-0.1, -0.05) is 61.5 Å². The molecule has 3 aromatic carbocycles. The molecule has 192 valence electrons. The highest BCUT2D eigenvalue weighted by molar-refractivity contribution is 5.95. The molecule has 1 N–H and O–H groups in total. The van der Waals surface area contributed by atoms with Crippen LogP contribution in [0.3, 0.4) is 0 Å². The van der Waals surface area contributed by atoms with Crippen LogP contribution >= 0.6 is 0 Å². The van der Waals surface area contributed by atoms with E-state index < -0.39 is 17.5 Å². The maximum absolute atomic E-state index is 14.7. The van der Waals surface area contributed by atoms with Crippen LogP contribution in [0.15, 0.2) is 72.8 Å². The number of aromatic nitrogens is 1. The first-order valence-corrected chi connectivity index (χ1v) is 12.9. The number of carbonyl (C=O) groups excluding carboxylic acids is 1. The zero-order valence-electron chi connectivity index (χ0n) is 21.6. The van der Waals surface area contributed by atoms with Crippen LogP contribution in [-0.4, -0.2) is 41.3 Å². The number of rotatable bonds is 7. The molecule has 1 amide bonds. The number of nitrogens with zero attached hydrogens (tertiary/aromatic N) is 2. The molecule has 0 saturated carbocycles. The number of amides is 1. The fourth-order valence-corrected chi connectivity index (χ4v) is 6.13. The second kappa shape index (κ2) is 10.1. The van der Waals surface area contributed by atoms with Gasteiger partial charge in [0.15, 0.2) is 11.6 Å². The largest absolute Gasteiger partial charge is 0.356 e. The first kappa shape index (κ1) is 25.2. The fraction of sp³-hybridized carbons (Fsp3) is 0.323. The SMILES string of the molecule is CCC(CCC1c2[nH]c3ccccc3c2CCN1C(=O)c1cccc(F)c1F)(c1ccccc1)N(C)C. The van der Waals surface area contributed by atoms with E-state index in [1.54, 1.807) is 4.90 Å². The lowest BCUT2D eigenvalue weighted by Gasteiger charge is -2.43. The average molecular weight is 502 g/mol. The monoisotopic (exact) mass is 501 g/mol. The zero-order valence-corrected chi connectivity index (χ0v) is 21.6. The highest BCUT2D eigenvalue weighted by atomic mass is 19.2. The molecule has 0 saturated heterocycles. The van der Waals surface area contributed by atoms with Crippen LogP contribution in [0.1, 0.15) is 59.4 Å². The number of carbonyl (C=O) groups is 1. The van der Waals surface area contributed by atoms with Gasteiger partial charge in [-0.25, -0.2) is 8.78 Å². The summed E-state index contributed by atoms with van der Waals surface area (Å²) in [5, 5.41) is 1.16. The maximum atomic E-state index is 14.7. The van der Waals surface area contributed by atoms with E-state index in [0.717, 1.165) is 35.5 Å². The van der Waals surface area contributed by atoms with E-state index in [4.69, 9.17) is 0 Å². The number of fused-ring (bicyclic) bond motifs is 3. The third-order valence-corrected chi connectivity index (χ3v) is 8.19. The smallest absolute Gasteiger partial charge is 0.257 e. The summed E-state index contributed by atoms with van der Waals surface area (Å²) < 4.78 is 28.8. The van der Waals surface area contributed by atoms with Crippen LogP contribution in [0.4, 0.5) is 8.78 Å². The highest BCUT2D eigenvalue weighted by Crippen LogP contribution is 2.42. The quantitative estimate of drug-likeness (QED) is 0.301. The lowest BCUT2D eigenvalue weighted by molar-refractivity contribution is 0.0587. The summed E-state index contributed by atoms with van der Waals surface area (Å²) in [5.41, 5.74) is 4.00. The number of benzene rings is 3. The Kier molecular flexibility index (Phi) is 6.86. The Balaban J connectivity index is 1.57. The Labute approximate surface area is 216 Å². The summed E-state index contributed by atoms with van der Waals surface area (Å²) in [7, 11) is 4.19. The van der Waals surface area contributed by atoms with Gasteiger partial charge in [0.2, 0.25) is 0 Å². The summed E-state index contributed by atoms with van der Waals surface area (Å²) in [6.45, 7) is 2.63. The summed E-state index contributed by atoms with van der Waals surface area (Å²) in [5.74, 6) is -2.57. The molecule has 37 heavy (non-hydrogen) atoms. The van der Waals surface area contributed by atoms with Crippen molar-refractivity contribution in [2.75, 3.05) is 20.6 Å². The molecular formula is C31H33F2N3O. The van der Waals surface area contributed by atoms with E-state index in [1.165, 1.54) is 23.3 Å². The van der Waals surface area contributed by atoms with Crippen molar-refractivity contribution in [2.45, 2.75) is 44.2 Å². The molecule has 4 nitrogen and oxygen atoms in total. The van der Waals surface area contributed by atoms with Gasteiger partial charge in [-0.3, -0.25) is 9.69 Å². The lowest BCUT2D eigenvalue weighted by atomic mass is 9.79. The van der Waals surface area contributed by atoms with Crippen molar-refractivity contribution >= 4 is 16.8 Å². The van der Waals surface area contributed by atoms with Gasteiger partial charge >= 0.3 is 0 Å². The molecule has 0 fully saturated rings. The van der Waals surface area contributed by atoms with Gasteiger partial charge in [0.25, 0.3) is 5.91 Å². The Morgan fingerprint density at radius 1 is 1.03 bits per heavy atom. The standard InChI is InChI=1S/C31H33F2N3O/c1-4-31(35(2)3,21-11-6-5-7-12-21)19-17-27-29-23(22-13-8-9-16-26(22)34-29)18-20-36(27)30(37)24-14-10-15-25(32)28(24)33/h5-16,27,34H,4,17-20H2,1-3H3. The number of halogens is 2. The van der Waals surface area contributed by atoms with Crippen molar-refractivity contribution in [3.05, 3.63) is 107 Å². The third-order valence-electron chi connectivity index (χ3n) is 8.19. The molecule has 0 spiro atoms. The topological polar surface area (TPSA) is 39.3 Å². The second-order valence-electron chi connectivity index (χ2n) is 10.1. The second-order valence-corrected chi connectivity index (χ2v) is 10.1. The molecule has 4 aromatic rings. The first-order valence-electron chi connectivity index (χ1n) is 12.9. The Morgan fingerprint density at radius 3 is 2.49 bits per heavy atom. The number of para-hydroxylation sites is 1. The Bertz CT molecular complexity index is 1410. The Hall–Kier alpha value is -3.51. The number of hydrogen-bond donors (Lipinski definition) is 1. The van der Waals surface area contributed by atoms with Crippen molar-refractivity contribution in [2.24, 2.45) is 0 Å². The van der Waals surface area contributed by atoms with E-state index >= 15 is 0 Å². The van der Waals surface area contributed by atoms with Crippen LogP contribution < -0.4 is 0 Å². The van der Waals surface area contributed by atoms with Gasteiger partial charge in [-0.2, -0.15) is 0 Å². The van der Waals surface area contributed by atoms with Crippen molar-refractivity contribution < 1.29 is 13.6 Å². The van der Waals surface area contributed by atoms with Crippen LogP contribution in [0.25, 0.3) is 10.9 Å². The summed E-state index contributed by atoms with van der Waals surface area (Å²) in [4.78, 5) is 21.3. The maximum Gasteiger partial charge on any atom is 0.257 e. The van der Waals surface area contributed by atoms with Gasteiger partial charge in [-0.15, -0.1) is 0 Å². The van der Waals surface area contributed by atoms with Gasteiger partial charge in [0.1, 0.15) is 0 Å². The molecule has 2 atom stereocenters. The molecular weight excluding hydrogens is 468 g/mol. The van der Waals surface area contributed by atoms with Crippen molar-refractivity contribution in [1.82, 2.24) is 14.8 Å². The normalized spacial score (nSPS) is 17.1. The third kappa shape index (κ3) is 4.33. The van der Waals surface area contributed by atoms with Gasteiger partial charge < -0.3 is 9.88 Å². The lowest BCUT2D eigenvalue weighted by Crippen LogP contribution is -2.44. The van der Waals surface area contributed by atoms with Crippen LogP contribution in [-0.2, 0) is 12.0 Å². The minimum absolute atomic E-state index is 0.220. The van der Waals surface area contributed by atoms with Crippen molar-refractivity contribution in [1.29, 1.82) is 0 Å². The van der Waals surface area contributed by atoms with Crippen molar-refractivity contribution in [3.63, 3.8) is 0 Å². The molecule has 0 aliphatic carbocycles. The van der Waals surface area contributed by atoms with Crippen LogP contribution in [0, 0.1) is 11.6 Å². The van der Waals surface area contributed by atoms with E-state index in [0.29, 0.717) is 19.4 Å². The number of hydrogen-bond acceptors (Lipinski definition) is 2. The average Bonchev–Trinajstić information content (AvgIpc) is 3.30. The predicted molar refractivity (Wildman–Crippen MR) is 143 cm³/mol. The molecule has 5 rings (SSSR count). The minimum Gasteiger partial charge on any atom is -0.356 e. The Morgan fingerprint density at radius 2 is 1.76 bits per heavy atom. The van der Waals surface area contributed by atoms with Crippen LogP contribution in [0.2, 0.25) is 0 Å². The minimum atomic E-state index is -1.09. The summed E-state index contributed by atoms with van der Waals surface area (Å²) >= 11 is 0. The number of H-pyrrole nitrogens is 1. The molecule has 6 heteroatoms. The van der Waals surface area contributed by atoms with Gasteiger partial charge in [0, 0.05) is 28.7 Å². The molecule has 2 unspecified atom stereocenters. The van der Waals surface area contributed by atoms with Crippen LogP contribution in [0.5, 0.6) is 0 Å². The first-order chi connectivity index (χ1) is 17.9. The number of aromatic amines is 1. The molecule has 2 heterocycles. The van der Waals surface area contributed by atoms with Crippen molar-refractivity contribution in [3.8, 4) is 0 Å². The molecule has 1 aromatic heterocycles. The summed E-state index contributed by atoms with van der Waals surface area (Å²) in [6.07, 6.45) is 3.01. The number of nitrogens with one attached hydrogen (secondary N) is 1. The fourth-order valence-electron chi connectivity index (χ4n) is 6.13. The summed E-state index contributed by atoms with van der Waals surface area (Å²) in [6, 6.07) is 22.1. The van der Waals surface area contributed by atoms with E-state index in [9.17, 15) is 13.6 Å². The predicted octanol–water partition coefficient (Wildman–Crippen LogP) is 6.83. The molecule has 1 aliphatic heterocycles. The van der Waals surface area contributed by atoms with E-state index in [1.807, 2.05) is 24.3 Å². The van der Waals surface area contributed by atoms with Gasteiger partial charge in [0.05, 0.1) is 11.6 Å². The zero-order chi connectivity index (χ0) is 26.2. The molecule has 0 radical (unpaired) electrons.